The minimum atomic E-state index is 0.645. The fraction of sp³-hybridized carbons (Fsp3) is 0.200. The third-order valence-electron chi connectivity index (χ3n) is 3.09. The summed E-state index contributed by atoms with van der Waals surface area (Å²) < 4.78 is 7.43. The lowest BCUT2D eigenvalue weighted by atomic mass is 10.2. The van der Waals surface area contributed by atoms with Crippen LogP contribution in [0.5, 0.6) is 0 Å². The fourth-order valence-corrected chi connectivity index (χ4v) is 2.05. The van der Waals surface area contributed by atoms with E-state index in [2.05, 4.69) is 22.3 Å². The maximum Gasteiger partial charge on any atom is 0.138 e. The molecule has 0 aliphatic rings. The van der Waals surface area contributed by atoms with Gasteiger partial charge in [-0.2, -0.15) is 5.10 Å². The van der Waals surface area contributed by atoms with Crippen LogP contribution in [0.3, 0.4) is 0 Å². The molecule has 0 aliphatic heterocycles. The van der Waals surface area contributed by atoms with E-state index >= 15 is 0 Å². The number of hydrogen-bond acceptors (Lipinski definition) is 4. The maximum atomic E-state index is 5.69. The number of nitrogens with zero attached hydrogens (tertiary/aromatic N) is 3. The SMILES string of the molecule is CCc1ccc(CNc2ccccc2-n2cncn2)o1. The quantitative estimate of drug-likeness (QED) is 0.772. The van der Waals surface area contributed by atoms with Gasteiger partial charge in [0.05, 0.1) is 17.9 Å². The highest BCUT2D eigenvalue weighted by Gasteiger charge is 2.05. The van der Waals surface area contributed by atoms with E-state index in [-0.39, 0.29) is 0 Å². The molecule has 2 heterocycles. The highest BCUT2D eigenvalue weighted by Crippen LogP contribution is 2.20. The third-order valence-corrected chi connectivity index (χ3v) is 3.09. The Kier molecular flexibility index (Phi) is 3.50. The number of hydrogen-bond donors (Lipinski definition) is 1. The molecular formula is C15H16N4O. The minimum absolute atomic E-state index is 0.645. The van der Waals surface area contributed by atoms with Gasteiger partial charge in [0.1, 0.15) is 24.2 Å². The summed E-state index contributed by atoms with van der Waals surface area (Å²) in [7, 11) is 0. The van der Waals surface area contributed by atoms with E-state index in [0.29, 0.717) is 6.54 Å². The fourth-order valence-electron chi connectivity index (χ4n) is 2.05. The molecule has 0 saturated carbocycles. The van der Waals surface area contributed by atoms with Crippen LogP contribution in [0.15, 0.2) is 53.5 Å². The number of para-hydroxylation sites is 2. The molecule has 102 valence electrons. The van der Waals surface area contributed by atoms with Crippen molar-refractivity contribution in [1.82, 2.24) is 14.8 Å². The lowest BCUT2D eigenvalue weighted by molar-refractivity contribution is 0.476. The van der Waals surface area contributed by atoms with E-state index in [1.165, 1.54) is 6.33 Å². The van der Waals surface area contributed by atoms with Gasteiger partial charge in [0.25, 0.3) is 0 Å². The van der Waals surface area contributed by atoms with E-state index in [1.54, 1.807) is 11.0 Å². The number of anilines is 1. The monoisotopic (exact) mass is 268 g/mol. The Bertz CT molecular complexity index is 673. The Hall–Kier alpha value is -2.56. The summed E-state index contributed by atoms with van der Waals surface area (Å²) in [6.07, 6.45) is 4.12. The van der Waals surface area contributed by atoms with E-state index in [9.17, 15) is 0 Å². The van der Waals surface area contributed by atoms with Crippen molar-refractivity contribution in [3.05, 3.63) is 60.6 Å². The van der Waals surface area contributed by atoms with E-state index in [4.69, 9.17) is 4.42 Å². The van der Waals surface area contributed by atoms with Crippen LogP contribution < -0.4 is 5.32 Å². The predicted octanol–water partition coefficient (Wildman–Crippen LogP) is 3.03. The molecule has 1 N–H and O–H groups in total. The number of aryl methyl sites for hydroxylation is 1. The van der Waals surface area contributed by atoms with Crippen molar-refractivity contribution in [3.63, 3.8) is 0 Å². The van der Waals surface area contributed by atoms with Crippen molar-refractivity contribution in [1.29, 1.82) is 0 Å². The third kappa shape index (κ3) is 2.56. The Balaban J connectivity index is 1.77. The van der Waals surface area contributed by atoms with Gasteiger partial charge in [0.2, 0.25) is 0 Å². The van der Waals surface area contributed by atoms with Gasteiger partial charge in [-0.15, -0.1) is 0 Å². The van der Waals surface area contributed by atoms with E-state index in [0.717, 1.165) is 29.3 Å². The summed E-state index contributed by atoms with van der Waals surface area (Å²) in [6, 6.07) is 12.0. The molecule has 5 nitrogen and oxygen atoms in total. The summed E-state index contributed by atoms with van der Waals surface area (Å²) >= 11 is 0. The molecule has 0 amide bonds. The summed E-state index contributed by atoms with van der Waals surface area (Å²) in [5.74, 6) is 1.93. The molecule has 1 aromatic carbocycles. The van der Waals surface area contributed by atoms with Gasteiger partial charge < -0.3 is 9.73 Å². The summed E-state index contributed by atoms with van der Waals surface area (Å²) in [6.45, 7) is 2.72. The van der Waals surface area contributed by atoms with Crippen LogP contribution in [0.1, 0.15) is 18.4 Å². The van der Waals surface area contributed by atoms with Crippen molar-refractivity contribution < 1.29 is 4.42 Å². The molecule has 0 fully saturated rings. The second-order valence-electron chi connectivity index (χ2n) is 4.43. The number of aromatic nitrogens is 3. The van der Waals surface area contributed by atoms with Gasteiger partial charge in [-0.1, -0.05) is 19.1 Å². The zero-order valence-electron chi connectivity index (χ0n) is 11.3. The van der Waals surface area contributed by atoms with Crippen LogP contribution in [-0.4, -0.2) is 14.8 Å². The summed E-state index contributed by atoms with van der Waals surface area (Å²) in [5, 5.41) is 7.53. The average molecular weight is 268 g/mol. The number of benzene rings is 1. The zero-order chi connectivity index (χ0) is 13.8. The molecule has 20 heavy (non-hydrogen) atoms. The minimum Gasteiger partial charge on any atom is -0.464 e. The molecule has 0 saturated heterocycles. The highest BCUT2D eigenvalue weighted by molar-refractivity contribution is 5.60. The standard InChI is InChI=1S/C15H16N4O/c1-2-12-7-8-13(20-12)9-17-14-5-3-4-6-15(14)19-11-16-10-18-19/h3-8,10-11,17H,2,9H2,1H3. The molecule has 5 heteroatoms. The zero-order valence-corrected chi connectivity index (χ0v) is 11.3. The number of nitrogens with one attached hydrogen (secondary N) is 1. The van der Waals surface area contributed by atoms with E-state index in [1.807, 2.05) is 36.4 Å². The van der Waals surface area contributed by atoms with Crippen molar-refractivity contribution in [2.24, 2.45) is 0 Å². The second kappa shape index (κ2) is 5.61. The molecule has 2 aromatic heterocycles. The predicted molar refractivity (Wildman–Crippen MR) is 76.8 cm³/mol. The molecule has 0 aliphatic carbocycles. The molecule has 0 atom stereocenters. The summed E-state index contributed by atoms with van der Waals surface area (Å²) in [5.41, 5.74) is 1.96. The van der Waals surface area contributed by atoms with Crippen molar-refractivity contribution in [2.45, 2.75) is 19.9 Å². The highest BCUT2D eigenvalue weighted by atomic mass is 16.3. The molecule has 0 unspecified atom stereocenters. The van der Waals surface area contributed by atoms with Crippen LogP contribution in [0.4, 0.5) is 5.69 Å². The van der Waals surface area contributed by atoms with Crippen molar-refractivity contribution in [2.75, 3.05) is 5.32 Å². The molecule has 0 spiro atoms. The first-order valence-electron chi connectivity index (χ1n) is 6.62. The van der Waals surface area contributed by atoms with Crippen LogP contribution in [0, 0.1) is 0 Å². The van der Waals surface area contributed by atoms with Crippen LogP contribution in [0.25, 0.3) is 5.69 Å². The van der Waals surface area contributed by atoms with Crippen LogP contribution in [0.2, 0.25) is 0 Å². The lowest BCUT2D eigenvalue weighted by Gasteiger charge is -2.10. The van der Waals surface area contributed by atoms with Crippen LogP contribution >= 0.6 is 0 Å². The number of furan rings is 1. The average Bonchev–Trinajstić information content (AvgIpc) is 3.17. The Morgan fingerprint density at radius 3 is 2.75 bits per heavy atom. The van der Waals surface area contributed by atoms with Gasteiger partial charge in [0.15, 0.2) is 0 Å². The van der Waals surface area contributed by atoms with Gasteiger partial charge in [-0.05, 0) is 24.3 Å². The largest absolute Gasteiger partial charge is 0.464 e. The molecule has 0 radical (unpaired) electrons. The maximum absolute atomic E-state index is 5.69. The van der Waals surface area contributed by atoms with Crippen molar-refractivity contribution >= 4 is 5.69 Å². The topological polar surface area (TPSA) is 55.9 Å². The molecule has 3 rings (SSSR count). The number of rotatable bonds is 5. The lowest BCUT2D eigenvalue weighted by Crippen LogP contribution is -2.04. The first kappa shape index (κ1) is 12.5. The normalized spacial score (nSPS) is 10.7. The smallest absolute Gasteiger partial charge is 0.138 e. The summed E-state index contributed by atoms with van der Waals surface area (Å²) in [4.78, 5) is 3.98. The van der Waals surface area contributed by atoms with Gasteiger partial charge in [-0.25, -0.2) is 9.67 Å². The Labute approximate surface area is 117 Å². The van der Waals surface area contributed by atoms with Crippen molar-refractivity contribution in [3.8, 4) is 5.69 Å². The van der Waals surface area contributed by atoms with Gasteiger partial charge >= 0.3 is 0 Å². The first-order valence-corrected chi connectivity index (χ1v) is 6.62. The Morgan fingerprint density at radius 1 is 1.15 bits per heavy atom. The molecule has 0 bridgehead atoms. The second-order valence-corrected chi connectivity index (χ2v) is 4.43. The molecule has 3 aromatic rings. The first-order chi connectivity index (χ1) is 9.86. The Morgan fingerprint density at radius 2 is 2.00 bits per heavy atom. The van der Waals surface area contributed by atoms with E-state index < -0.39 is 0 Å². The van der Waals surface area contributed by atoms with Gasteiger partial charge in [-0.3, -0.25) is 0 Å². The molecular weight excluding hydrogens is 252 g/mol. The van der Waals surface area contributed by atoms with Crippen LogP contribution in [-0.2, 0) is 13.0 Å². The van der Waals surface area contributed by atoms with Gasteiger partial charge in [0, 0.05) is 6.42 Å².